The number of aromatic nitrogens is 1. The Bertz CT molecular complexity index is 1410. The fraction of sp³-hybridized carbons (Fsp3) is 0. The molecule has 0 atom stereocenters. The van der Waals surface area contributed by atoms with E-state index >= 15 is 0 Å². The third kappa shape index (κ3) is 4.27. The van der Waals surface area contributed by atoms with Gasteiger partial charge < -0.3 is 9.73 Å². The number of nitrogens with zero attached hydrogens (tertiary/aromatic N) is 2. The van der Waals surface area contributed by atoms with E-state index < -0.39 is 5.63 Å². The van der Waals surface area contributed by atoms with Gasteiger partial charge in [0.15, 0.2) is 0 Å². The Labute approximate surface area is 193 Å². The summed E-state index contributed by atoms with van der Waals surface area (Å²) >= 11 is 16.7. The van der Waals surface area contributed by atoms with Crippen LogP contribution in [0.4, 0.5) is 5.69 Å². The van der Waals surface area contributed by atoms with Crippen molar-refractivity contribution in [2.24, 2.45) is 0 Å². The molecule has 5 nitrogen and oxygen atoms in total. The molecule has 2 aromatic carbocycles. The highest BCUT2D eigenvalue weighted by molar-refractivity contribution is 9.10. The summed E-state index contributed by atoms with van der Waals surface area (Å²) in [6.07, 6.45) is 1.51. The smallest absolute Gasteiger partial charge is 0.345 e. The molecule has 0 amide bonds. The Balaban J connectivity index is 1.67. The lowest BCUT2D eigenvalue weighted by molar-refractivity contribution is 0.563. The van der Waals surface area contributed by atoms with E-state index in [2.05, 4.69) is 32.3 Å². The van der Waals surface area contributed by atoms with Crippen LogP contribution < -0.4 is 10.9 Å². The highest BCUT2D eigenvalue weighted by atomic mass is 79.9. The number of nitriles is 1. The summed E-state index contributed by atoms with van der Waals surface area (Å²) in [6, 6.07) is 14.2. The van der Waals surface area contributed by atoms with Gasteiger partial charge in [0.25, 0.3) is 0 Å². The Hall–Kier alpha value is -2.63. The average molecular weight is 519 g/mol. The van der Waals surface area contributed by atoms with Crippen LogP contribution in [0.1, 0.15) is 5.01 Å². The molecule has 0 bridgehead atoms. The van der Waals surface area contributed by atoms with Crippen LogP contribution in [0.3, 0.4) is 0 Å². The van der Waals surface area contributed by atoms with E-state index in [-0.39, 0.29) is 0 Å². The fourth-order valence-corrected chi connectivity index (χ4v) is 4.32. The van der Waals surface area contributed by atoms with Gasteiger partial charge in [-0.25, -0.2) is 9.78 Å². The minimum atomic E-state index is -0.491. The zero-order chi connectivity index (χ0) is 21.3. The Morgan fingerprint density at radius 3 is 2.83 bits per heavy atom. The van der Waals surface area contributed by atoms with Crippen LogP contribution in [-0.4, -0.2) is 4.98 Å². The van der Waals surface area contributed by atoms with Gasteiger partial charge in [0, 0.05) is 26.5 Å². The fourth-order valence-electron chi connectivity index (χ4n) is 2.69. The van der Waals surface area contributed by atoms with Crippen molar-refractivity contribution in [2.45, 2.75) is 0 Å². The number of rotatable bonds is 4. The molecule has 0 aliphatic rings. The molecule has 2 aromatic heterocycles. The minimum absolute atomic E-state index is 0.296. The van der Waals surface area contributed by atoms with Gasteiger partial charge >= 0.3 is 5.63 Å². The quantitative estimate of drug-likeness (QED) is 0.233. The van der Waals surface area contributed by atoms with E-state index in [9.17, 15) is 10.1 Å². The van der Waals surface area contributed by atoms with Crippen molar-refractivity contribution in [1.29, 1.82) is 5.26 Å². The Morgan fingerprint density at radius 2 is 2.07 bits per heavy atom. The van der Waals surface area contributed by atoms with Crippen molar-refractivity contribution >= 4 is 72.7 Å². The second-order valence-electron chi connectivity index (χ2n) is 6.11. The molecule has 0 aliphatic carbocycles. The lowest BCUT2D eigenvalue weighted by Crippen LogP contribution is -2.03. The van der Waals surface area contributed by atoms with E-state index in [1.165, 1.54) is 17.5 Å². The highest BCUT2D eigenvalue weighted by Crippen LogP contribution is 2.29. The molecule has 0 saturated heterocycles. The summed E-state index contributed by atoms with van der Waals surface area (Å²) in [5, 5.41) is 16.4. The first-order chi connectivity index (χ1) is 14.4. The van der Waals surface area contributed by atoms with Crippen LogP contribution in [0.15, 0.2) is 67.7 Å². The third-order valence-electron chi connectivity index (χ3n) is 4.13. The first-order valence-electron chi connectivity index (χ1n) is 8.46. The van der Waals surface area contributed by atoms with E-state index in [4.69, 9.17) is 27.6 Å². The molecule has 0 spiro atoms. The van der Waals surface area contributed by atoms with E-state index in [0.29, 0.717) is 43.2 Å². The number of nitrogens with one attached hydrogen (secondary N) is 1. The zero-order valence-corrected chi connectivity index (χ0v) is 18.9. The molecule has 148 valence electrons. The van der Waals surface area contributed by atoms with Crippen molar-refractivity contribution in [3.63, 3.8) is 0 Å². The van der Waals surface area contributed by atoms with Gasteiger partial charge in [-0.1, -0.05) is 39.1 Å². The van der Waals surface area contributed by atoms with E-state index in [0.717, 1.165) is 9.86 Å². The molecule has 0 fully saturated rings. The highest BCUT2D eigenvalue weighted by Gasteiger charge is 2.14. The normalized spacial score (nSPS) is 11.5. The summed E-state index contributed by atoms with van der Waals surface area (Å²) in [5.41, 5.74) is 1.67. The molecular formula is C21H10BrCl2N3O2S. The van der Waals surface area contributed by atoms with Crippen LogP contribution >= 0.6 is 50.5 Å². The largest absolute Gasteiger partial charge is 0.422 e. The maximum absolute atomic E-state index is 12.4. The number of hydrogen-bond donors (Lipinski definition) is 1. The first kappa shape index (κ1) is 20.6. The monoisotopic (exact) mass is 517 g/mol. The number of allylic oxidation sites excluding steroid dienone is 1. The van der Waals surface area contributed by atoms with E-state index in [1.54, 1.807) is 41.8 Å². The van der Waals surface area contributed by atoms with Crippen molar-refractivity contribution in [3.05, 3.63) is 84.0 Å². The van der Waals surface area contributed by atoms with Gasteiger partial charge in [-0.05, 0) is 42.5 Å². The Morgan fingerprint density at radius 1 is 1.23 bits per heavy atom. The minimum Gasteiger partial charge on any atom is -0.422 e. The molecule has 9 heteroatoms. The number of halogens is 3. The molecule has 0 aliphatic heterocycles. The van der Waals surface area contributed by atoms with Gasteiger partial charge in [0.05, 0.1) is 22.0 Å². The predicted octanol–water partition coefficient (Wildman–Crippen LogP) is 6.96. The molecule has 30 heavy (non-hydrogen) atoms. The second kappa shape index (κ2) is 8.62. The van der Waals surface area contributed by atoms with Gasteiger partial charge in [-0.2, -0.15) is 5.26 Å². The van der Waals surface area contributed by atoms with Crippen LogP contribution in [0.2, 0.25) is 10.0 Å². The Kier molecular flexibility index (Phi) is 5.93. The van der Waals surface area contributed by atoms with Crippen molar-refractivity contribution < 1.29 is 4.42 Å². The molecule has 4 aromatic rings. The molecule has 4 rings (SSSR count). The maximum Gasteiger partial charge on any atom is 0.345 e. The van der Waals surface area contributed by atoms with Crippen LogP contribution in [0, 0.1) is 11.3 Å². The summed E-state index contributed by atoms with van der Waals surface area (Å²) in [4.78, 5) is 16.9. The van der Waals surface area contributed by atoms with Crippen molar-refractivity contribution in [3.8, 4) is 17.3 Å². The first-order valence-corrected chi connectivity index (χ1v) is 10.9. The summed E-state index contributed by atoms with van der Waals surface area (Å²) < 4.78 is 6.27. The van der Waals surface area contributed by atoms with Gasteiger partial charge in [0.1, 0.15) is 22.2 Å². The summed E-state index contributed by atoms with van der Waals surface area (Å²) in [7, 11) is 0. The molecule has 0 unspecified atom stereocenters. The van der Waals surface area contributed by atoms with Gasteiger partial charge in [0.2, 0.25) is 0 Å². The number of anilines is 1. The van der Waals surface area contributed by atoms with Crippen LogP contribution in [0.5, 0.6) is 0 Å². The van der Waals surface area contributed by atoms with Crippen LogP contribution in [0.25, 0.3) is 27.8 Å². The summed E-state index contributed by atoms with van der Waals surface area (Å²) in [5.74, 6) is 0. The molecular weight excluding hydrogens is 509 g/mol. The lowest BCUT2D eigenvalue weighted by atomic mass is 10.1. The topological polar surface area (TPSA) is 78.9 Å². The van der Waals surface area contributed by atoms with Gasteiger partial charge in [-0.3, -0.25) is 0 Å². The van der Waals surface area contributed by atoms with Crippen molar-refractivity contribution in [2.75, 3.05) is 5.32 Å². The average Bonchev–Trinajstić information content (AvgIpc) is 3.19. The standard InChI is InChI=1S/C21H10BrCl2N3O2S/c22-13-1-4-19-11(5-13)6-15(21(28)29-19)18-10-30-20(27-18)12(8-25)9-26-17-3-2-14(23)7-16(17)24/h1-7,9-10,26H. The van der Waals surface area contributed by atoms with Crippen LogP contribution in [-0.2, 0) is 0 Å². The number of thiazole rings is 1. The number of hydrogen-bond acceptors (Lipinski definition) is 6. The van der Waals surface area contributed by atoms with E-state index in [1.807, 2.05) is 6.07 Å². The molecule has 2 heterocycles. The SMILES string of the molecule is N#CC(=CNc1ccc(Cl)cc1Cl)c1nc(-c2cc3cc(Br)ccc3oc2=O)cs1. The summed E-state index contributed by atoms with van der Waals surface area (Å²) in [6.45, 7) is 0. The third-order valence-corrected chi connectivity index (χ3v) is 6.05. The lowest BCUT2D eigenvalue weighted by Gasteiger charge is -2.04. The van der Waals surface area contributed by atoms with Crippen molar-refractivity contribution in [1.82, 2.24) is 4.98 Å². The number of fused-ring (bicyclic) bond motifs is 1. The zero-order valence-electron chi connectivity index (χ0n) is 14.9. The molecule has 0 radical (unpaired) electrons. The predicted molar refractivity (Wildman–Crippen MR) is 125 cm³/mol. The molecule has 0 saturated carbocycles. The second-order valence-corrected chi connectivity index (χ2v) is 8.72. The van der Waals surface area contributed by atoms with Gasteiger partial charge in [-0.15, -0.1) is 11.3 Å². The maximum atomic E-state index is 12.4. The number of benzene rings is 2. The molecule has 1 N–H and O–H groups in total.